The maximum absolute atomic E-state index is 6.12. The molecule has 0 bridgehead atoms. The zero-order valence-corrected chi connectivity index (χ0v) is 21.6. The van der Waals surface area contributed by atoms with Crippen LogP contribution < -0.4 is 14.8 Å². The summed E-state index contributed by atoms with van der Waals surface area (Å²) in [5.41, 5.74) is 4.14. The smallest absolute Gasteiger partial charge is 0.161 e. The first-order chi connectivity index (χ1) is 18.7. The molecule has 6 aromatic rings. The van der Waals surface area contributed by atoms with Crippen molar-refractivity contribution in [3.05, 3.63) is 97.3 Å². The molecule has 1 N–H and O–H groups in total. The van der Waals surface area contributed by atoms with Gasteiger partial charge in [0.25, 0.3) is 0 Å². The Kier molecular flexibility index (Phi) is 6.46. The number of thioether (sulfide) groups is 1. The number of hydrogen-bond donors (Lipinski definition) is 1. The first-order valence-corrected chi connectivity index (χ1v) is 13.2. The summed E-state index contributed by atoms with van der Waals surface area (Å²) in [7, 11) is 1.60. The van der Waals surface area contributed by atoms with Gasteiger partial charge in [0.15, 0.2) is 11.6 Å². The summed E-state index contributed by atoms with van der Waals surface area (Å²) in [5, 5.41) is 14.6. The zero-order valence-electron chi connectivity index (χ0n) is 20.8. The lowest BCUT2D eigenvalue weighted by molar-refractivity contribution is 0.413. The third-order valence-electron chi connectivity index (χ3n) is 6.15. The van der Waals surface area contributed by atoms with E-state index in [1.165, 1.54) is 4.90 Å². The zero-order chi connectivity index (χ0) is 25.9. The van der Waals surface area contributed by atoms with Gasteiger partial charge in [-0.25, -0.2) is 4.98 Å². The summed E-state index contributed by atoms with van der Waals surface area (Å²) in [4.78, 5) is 10.0. The second-order valence-corrected chi connectivity index (χ2v) is 9.35. The molecule has 0 atom stereocenters. The fourth-order valence-corrected chi connectivity index (χ4v) is 4.62. The van der Waals surface area contributed by atoms with Crippen LogP contribution in [0.4, 0.5) is 11.5 Å². The van der Waals surface area contributed by atoms with Crippen molar-refractivity contribution in [1.82, 2.24) is 20.2 Å². The Bertz CT molecular complexity index is 1740. The summed E-state index contributed by atoms with van der Waals surface area (Å²) in [6.07, 6.45) is 5.42. The predicted octanol–water partition coefficient (Wildman–Crippen LogP) is 7.51. The lowest BCUT2D eigenvalue weighted by Gasteiger charge is -2.12. The third kappa shape index (κ3) is 4.69. The molecule has 0 aliphatic heterocycles. The molecule has 3 aromatic heterocycles. The van der Waals surface area contributed by atoms with Gasteiger partial charge in [-0.2, -0.15) is 0 Å². The molecule has 0 amide bonds. The molecule has 3 aromatic carbocycles. The molecule has 0 radical (unpaired) electrons. The number of anilines is 2. The number of pyridine rings is 2. The second-order valence-electron chi connectivity index (χ2n) is 8.47. The number of methoxy groups -OCH3 is 1. The molecule has 0 aliphatic carbocycles. The topological polar surface area (TPSA) is 82.0 Å². The SMILES string of the molecule is COc1cnc2c(Oc3ccc(Nc4nnc(-c5ccc(SC)cc5)c5ccccc45)cc3)ccnc2c1. The quantitative estimate of drug-likeness (QED) is 0.218. The van der Waals surface area contributed by atoms with E-state index in [0.29, 0.717) is 34.1 Å². The van der Waals surface area contributed by atoms with Crippen LogP contribution in [0.15, 0.2) is 102 Å². The third-order valence-corrected chi connectivity index (χ3v) is 6.89. The number of fused-ring (bicyclic) bond motifs is 2. The fourth-order valence-electron chi connectivity index (χ4n) is 4.21. The molecule has 0 saturated carbocycles. The highest BCUT2D eigenvalue weighted by Gasteiger charge is 2.12. The molecule has 8 heteroatoms. The molecular formula is C30H23N5O2S. The summed E-state index contributed by atoms with van der Waals surface area (Å²) < 4.78 is 11.4. The second kappa shape index (κ2) is 10.4. The maximum atomic E-state index is 6.12. The van der Waals surface area contributed by atoms with Crippen molar-refractivity contribution in [3.63, 3.8) is 0 Å². The van der Waals surface area contributed by atoms with Gasteiger partial charge in [0.1, 0.15) is 22.7 Å². The van der Waals surface area contributed by atoms with Crippen LogP contribution in [0.5, 0.6) is 17.2 Å². The van der Waals surface area contributed by atoms with Crippen LogP contribution in [0.1, 0.15) is 0 Å². The molecular weight excluding hydrogens is 494 g/mol. The van der Waals surface area contributed by atoms with Crippen LogP contribution in [0.25, 0.3) is 33.1 Å². The molecule has 6 rings (SSSR count). The van der Waals surface area contributed by atoms with Crippen LogP contribution >= 0.6 is 11.8 Å². The van der Waals surface area contributed by atoms with Gasteiger partial charge >= 0.3 is 0 Å². The summed E-state index contributed by atoms with van der Waals surface area (Å²) in [6.45, 7) is 0. The van der Waals surface area contributed by atoms with Gasteiger partial charge in [0.2, 0.25) is 0 Å². The molecule has 0 aliphatic rings. The normalized spacial score (nSPS) is 11.0. The summed E-state index contributed by atoms with van der Waals surface area (Å²) in [6, 6.07) is 27.9. The summed E-state index contributed by atoms with van der Waals surface area (Å²) >= 11 is 1.72. The highest BCUT2D eigenvalue weighted by atomic mass is 32.2. The summed E-state index contributed by atoms with van der Waals surface area (Å²) in [5.74, 6) is 2.64. The minimum Gasteiger partial charge on any atom is -0.495 e. The van der Waals surface area contributed by atoms with Gasteiger partial charge in [-0.05, 0) is 42.7 Å². The number of ether oxygens (including phenoxy) is 2. The van der Waals surface area contributed by atoms with E-state index >= 15 is 0 Å². The number of aromatic nitrogens is 4. The van der Waals surface area contributed by atoms with Crippen LogP contribution in [0, 0.1) is 0 Å². The highest BCUT2D eigenvalue weighted by Crippen LogP contribution is 2.33. The predicted molar refractivity (Wildman–Crippen MR) is 153 cm³/mol. The number of nitrogens with zero attached hydrogens (tertiary/aromatic N) is 4. The average molecular weight is 518 g/mol. The van der Waals surface area contributed by atoms with Crippen molar-refractivity contribution in [2.75, 3.05) is 18.7 Å². The molecule has 0 fully saturated rings. The molecule has 0 spiro atoms. The fraction of sp³-hybridized carbons (Fsp3) is 0.0667. The van der Waals surface area contributed by atoms with Gasteiger partial charge in [0.05, 0.1) is 18.8 Å². The van der Waals surface area contributed by atoms with Crippen molar-refractivity contribution in [2.45, 2.75) is 4.90 Å². The molecule has 186 valence electrons. The minimum atomic E-state index is 0.622. The minimum absolute atomic E-state index is 0.622. The monoisotopic (exact) mass is 517 g/mol. The van der Waals surface area contributed by atoms with Gasteiger partial charge in [-0.3, -0.25) is 4.98 Å². The Hall–Kier alpha value is -4.69. The number of hydrogen-bond acceptors (Lipinski definition) is 8. The van der Waals surface area contributed by atoms with E-state index in [0.717, 1.165) is 27.7 Å². The Morgan fingerprint density at radius 1 is 0.789 bits per heavy atom. The first kappa shape index (κ1) is 23.7. The van der Waals surface area contributed by atoms with E-state index in [4.69, 9.17) is 9.47 Å². The van der Waals surface area contributed by atoms with Crippen LogP contribution in [-0.4, -0.2) is 33.5 Å². The Morgan fingerprint density at radius 3 is 2.34 bits per heavy atom. The van der Waals surface area contributed by atoms with Crippen molar-refractivity contribution in [3.8, 4) is 28.5 Å². The molecule has 38 heavy (non-hydrogen) atoms. The average Bonchev–Trinajstić information content (AvgIpc) is 2.98. The lowest BCUT2D eigenvalue weighted by atomic mass is 10.0. The molecule has 7 nitrogen and oxygen atoms in total. The van der Waals surface area contributed by atoms with Crippen LogP contribution in [0.3, 0.4) is 0 Å². The van der Waals surface area contributed by atoms with Gasteiger partial charge in [0, 0.05) is 45.2 Å². The van der Waals surface area contributed by atoms with E-state index in [1.54, 1.807) is 37.3 Å². The molecule has 0 saturated heterocycles. The molecule has 3 heterocycles. The largest absolute Gasteiger partial charge is 0.495 e. The van der Waals surface area contributed by atoms with Crippen molar-refractivity contribution in [1.29, 1.82) is 0 Å². The van der Waals surface area contributed by atoms with E-state index < -0.39 is 0 Å². The van der Waals surface area contributed by atoms with E-state index in [2.05, 4.69) is 68.1 Å². The Labute approximate surface area is 223 Å². The standard InChI is InChI=1S/C30H23N5O2S/c1-36-22-17-26-29(32-18-22)27(15-16-31-26)37-21-11-9-20(10-12-21)33-30-25-6-4-3-5-24(25)28(34-35-30)19-7-13-23(38-2)14-8-19/h3-18H,1-2H3,(H,33,35). The number of nitrogens with one attached hydrogen (secondary N) is 1. The van der Waals surface area contributed by atoms with Crippen LogP contribution in [0.2, 0.25) is 0 Å². The first-order valence-electron chi connectivity index (χ1n) is 12.0. The lowest BCUT2D eigenvalue weighted by Crippen LogP contribution is -1.99. The van der Waals surface area contributed by atoms with Gasteiger partial charge < -0.3 is 14.8 Å². The number of benzene rings is 3. The van der Waals surface area contributed by atoms with Crippen molar-refractivity contribution < 1.29 is 9.47 Å². The number of rotatable bonds is 7. The van der Waals surface area contributed by atoms with E-state index in [9.17, 15) is 0 Å². The van der Waals surface area contributed by atoms with Gasteiger partial charge in [-0.15, -0.1) is 22.0 Å². The van der Waals surface area contributed by atoms with Crippen molar-refractivity contribution >= 4 is 45.1 Å². The Morgan fingerprint density at radius 2 is 1.58 bits per heavy atom. The van der Waals surface area contributed by atoms with E-state index in [-0.39, 0.29) is 0 Å². The van der Waals surface area contributed by atoms with Crippen molar-refractivity contribution in [2.24, 2.45) is 0 Å². The highest BCUT2D eigenvalue weighted by molar-refractivity contribution is 7.98. The Balaban J connectivity index is 1.25. The van der Waals surface area contributed by atoms with Gasteiger partial charge in [-0.1, -0.05) is 36.4 Å². The maximum Gasteiger partial charge on any atom is 0.161 e. The molecule has 0 unspecified atom stereocenters. The van der Waals surface area contributed by atoms with Crippen LogP contribution in [-0.2, 0) is 0 Å². The van der Waals surface area contributed by atoms with E-state index in [1.807, 2.05) is 42.5 Å².